The quantitative estimate of drug-likeness (QED) is 0.742. The van der Waals surface area contributed by atoms with E-state index >= 15 is 0 Å². The lowest BCUT2D eigenvalue weighted by Gasteiger charge is -2.13. The molecule has 0 bridgehead atoms. The van der Waals surface area contributed by atoms with E-state index in [1.807, 2.05) is 0 Å². The second-order valence-electron chi connectivity index (χ2n) is 2.34. The summed E-state index contributed by atoms with van der Waals surface area (Å²) in [7, 11) is 0. The van der Waals surface area contributed by atoms with Gasteiger partial charge in [-0.3, -0.25) is 0 Å². The third-order valence-corrected chi connectivity index (χ3v) is 1.89. The largest absolute Gasteiger partial charge is 0.474 e. The molecule has 0 unspecified atom stereocenters. The molecule has 0 atom stereocenters. The lowest BCUT2D eigenvalue weighted by atomic mass is 10.3. The zero-order valence-corrected chi connectivity index (χ0v) is 9.98. The number of rotatable bonds is 6. The normalized spacial score (nSPS) is 9.80. The summed E-state index contributed by atoms with van der Waals surface area (Å²) in [6.45, 7) is 0. The van der Waals surface area contributed by atoms with Crippen molar-refractivity contribution >= 4 is 34.8 Å². The van der Waals surface area contributed by atoms with Crippen molar-refractivity contribution in [2.75, 3.05) is 18.2 Å². The molecule has 0 aliphatic carbocycles. The molecule has 0 N–H and O–H groups in total. The fraction of sp³-hybridized carbons (Fsp3) is 0.333. The molecule has 0 radical (unpaired) electrons. The predicted octanol–water partition coefficient (Wildman–Crippen LogP) is 3.41. The smallest absolute Gasteiger partial charge is 0.205 e. The van der Waals surface area contributed by atoms with Gasteiger partial charge in [0, 0.05) is 0 Å². The van der Waals surface area contributed by atoms with Crippen LogP contribution >= 0.6 is 34.8 Å². The van der Waals surface area contributed by atoms with Gasteiger partial charge in [0.25, 0.3) is 0 Å². The Morgan fingerprint density at radius 1 is 0.800 bits per heavy atom. The highest BCUT2D eigenvalue weighted by atomic mass is 35.5. The Hall–Kier alpha value is -0.510. The second kappa shape index (κ2) is 6.88. The molecule has 3 nitrogen and oxygen atoms in total. The molecule has 1 aromatic carbocycles. The summed E-state index contributed by atoms with van der Waals surface area (Å²) in [5.74, 6) is 1.33. The first-order valence-corrected chi connectivity index (χ1v) is 5.63. The number of halogens is 3. The van der Waals surface area contributed by atoms with Crippen LogP contribution in [0.25, 0.3) is 0 Å². The number of benzene rings is 1. The van der Waals surface area contributed by atoms with Crippen molar-refractivity contribution < 1.29 is 14.2 Å². The van der Waals surface area contributed by atoms with Crippen molar-refractivity contribution in [2.45, 2.75) is 0 Å². The molecule has 0 saturated heterocycles. The van der Waals surface area contributed by atoms with Gasteiger partial charge >= 0.3 is 0 Å². The number of ether oxygens (including phenoxy) is 3. The van der Waals surface area contributed by atoms with Crippen LogP contribution in [0.5, 0.6) is 17.2 Å². The van der Waals surface area contributed by atoms with Crippen LogP contribution in [0.3, 0.4) is 0 Å². The lowest BCUT2D eigenvalue weighted by molar-refractivity contribution is 0.301. The fourth-order valence-corrected chi connectivity index (χ4v) is 1.38. The molecule has 15 heavy (non-hydrogen) atoms. The zero-order valence-electron chi connectivity index (χ0n) is 7.71. The van der Waals surface area contributed by atoms with Crippen molar-refractivity contribution in [3.05, 3.63) is 18.2 Å². The van der Waals surface area contributed by atoms with Gasteiger partial charge in [0.15, 0.2) is 29.7 Å². The molecule has 0 aliphatic rings. The first-order valence-electron chi connectivity index (χ1n) is 4.02. The van der Waals surface area contributed by atoms with Gasteiger partial charge in [-0.25, -0.2) is 0 Å². The zero-order chi connectivity index (χ0) is 11.1. The molecule has 1 rings (SSSR count). The lowest BCUT2D eigenvalue weighted by Crippen LogP contribution is -1.99. The molecule has 0 saturated carbocycles. The predicted molar refractivity (Wildman–Crippen MR) is 60.5 cm³/mol. The van der Waals surface area contributed by atoms with Gasteiger partial charge in [0.05, 0.1) is 0 Å². The number of hydrogen-bond acceptors (Lipinski definition) is 3. The molecule has 0 amide bonds. The summed E-state index contributed by atoms with van der Waals surface area (Å²) in [6.07, 6.45) is 0. The second-order valence-corrected chi connectivity index (χ2v) is 3.00. The minimum atomic E-state index is -0.0126. The van der Waals surface area contributed by atoms with E-state index < -0.39 is 0 Å². The molecule has 0 spiro atoms. The highest BCUT2D eigenvalue weighted by Crippen LogP contribution is 2.37. The van der Waals surface area contributed by atoms with E-state index in [-0.39, 0.29) is 18.2 Å². The molecule has 0 heterocycles. The minimum absolute atomic E-state index is 0.0126. The first-order chi connectivity index (χ1) is 7.33. The van der Waals surface area contributed by atoms with Crippen LogP contribution in [0.2, 0.25) is 0 Å². The van der Waals surface area contributed by atoms with Crippen molar-refractivity contribution in [1.29, 1.82) is 0 Å². The number of para-hydroxylation sites is 1. The van der Waals surface area contributed by atoms with Gasteiger partial charge in [0.2, 0.25) is 5.75 Å². The van der Waals surface area contributed by atoms with E-state index in [2.05, 4.69) is 0 Å². The van der Waals surface area contributed by atoms with Crippen LogP contribution in [-0.4, -0.2) is 18.2 Å². The summed E-state index contributed by atoms with van der Waals surface area (Å²) in [5, 5.41) is 0. The summed E-state index contributed by atoms with van der Waals surface area (Å²) in [5.41, 5.74) is 0. The van der Waals surface area contributed by atoms with Gasteiger partial charge in [0.1, 0.15) is 0 Å². The Morgan fingerprint density at radius 2 is 1.27 bits per heavy atom. The van der Waals surface area contributed by atoms with Gasteiger partial charge < -0.3 is 14.2 Å². The summed E-state index contributed by atoms with van der Waals surface area (Å²) in [4.78, 5) is 0. The maximum atomic E-state index is 5.48. The first kappa shape index (κ1) is 12.6. The molecule has 1 aromatic rings. The third kappa shape index (κ3) is 3.52. The van der Waals surface area contributed by atoms with Crippen LogP contribution in [-0.2, 0) is 0 Å². The van der Waals surface area contributed by atoms with E-state index in [0.717, 1.165) is 0 Å². The van der Waals surface area contributed by atoms with Crippen molar-refractivity contribution in [3.63, 3.8) is 0 Å². The maximum absolute atomic E-state index is 5.48. The molecule has 0 fully saturated rings. The van der Waals surface area contributed by atoms with Gasteiger partial charge in [-0.15, -0.1) is 0 Å². The van der Waals surface area contributed by atoms with Crippen LogP contribution in [0, 0.1) is 0 Å². The standard InChI is InChI=1S/C9H9Cl3O3/c10-4-13-7-2-1-3-8(14-5-11)9(7)15-6-12/h1-3H,4-6H2. The molecular weight excluding hydrogens is 262 g/mol. The van der Waals surface area contributed by atoms with Crippen LogP contribution in [0.1, 0.15) is 0 Å². The third-order valence-electron chi connectivity index (χ3n) is 1.56. The molecule has 0 aliphatic heterocycles. The van der Waals surface area contributed by atoms with Crippen molar-refractivity contribution in [3.8, 4) is 17.2 Å². The van der Waals surface area contributed by atoms with Gasteiger partial charge in [-0.05, 0) is 12.1 Å². The Labute approximate surface area is 103 Å². The average molecular weight is 272 g/mol. The van der Waals surface area contributed by atoms with E-state index in [0.29, 0.717) is 17.2 Å². The van der Waals surface area contributed by atoms with E-state index in [1.165, 1.54) is 0 Å². The monoisotopic (exact) mass is 270 g/mol. The van der Waals surface area contributed by atoms with Crippen molar-refractivity contribution in [2.24, 2.45) is 0 Å². The summed E-state index contributed by atoms with van der Waals surface area (Å²) < 4.78 is 15.4. The number of hydrogen-bond donors (Lipinski definition) is 0. The SMILES string of the molecule is ClCOc1cccc(OCCl)c1OCCl. The molecule has 84 valence electrons. The molecule has 0 aromatic heterocycles. The van der Waals surface area contributed by atoms with E-state index in [4.69, 9.17) is 49.0 Å². The molecule has 6 heteroatoms. The molecular formula is C9H9Cl3O3. The summed E-state index contributed by atoms with van der Waals surface area (Å²) >= 11 is 16.4. The van der Waals surface area contributed by atoms with E-state index in [1.54, 1.807) is 18.2 Å². The topological polar surface area (TPSA) is 27.7 Å². The Morgan fingerprint density at radius 3 is 1.67 bits per heavy atom. The van der Waals surface area contributed by atoms with Crippen LogP contribution in [0.15, 0.2) is 18.2 Å². The van der Waals surface area contributed by atoms with Crippen LogP contribution in [0.4, 0.5) is 0 Å². The number of alkyl halides is 3. The highest BCUT2D eigenvalue weighted by Gasteiger charge is 2.11. The van der Waals surface area contributed by atoms with Gasteiger partial charge in [-0.2, -0.15) is 0 Å². The van der Waals surface area contributed by atoms with Crippen LogP contribution < -0.4 is 14.2 Å². The van der Waals surface area contributed by atoms with Gasteiger partial charge in [-0.1, -0.05) is 40.9 Å². The maximum Gasteiger partial charge on any atom is 0.205 e. The summed E-state index contributed by atoms with van der Waals surface area (Å²) in [6, 6.07) is 5.16. The van der Waals surface area contributed by atoms with Crippen molar-refractivity contribution in [1.82, 2.24) is 0 Å². The fourth-order valence-electron chi connectivity index (χ4n) is 1.04. The highest BCUT2D eigenvalue weighted by molar-refractivity contribution is 6.17. The Bertz CT molecular complexity index is 282. The minimum Gasteiger partial charge on any atom is -0.474 e. The average Bonchev–Trinajstić information content (AvgIpc) is 2.23. The Kier molecular flexibility index (Phi) is 5.76. The Balaban J connectivity index is 2.97. The van der Waals surface area contributed by atoms with E-state index in [9.17, 15) is 0 Å².